The van der Waals surface area contributed by atoms with Gasteiger partial charge in [-0.2, -0.15) is 0 Å². The molecule has 0 spiro atoms. The van der Waals surface area contributed by atoms with E-state index < -0.39 is 15.4 Å². The Morgan fingerprint density at radius 2 is 1.68 bits per heavy atom. The highest BCUT2D eigenvalue weighted by Gasteiger charge is 2.48. The molecule has 7 heteroatoms. The molecule has 0 bridgehead atoms. The molecule has 2 aromatic rings. The van der Waals surface area contributed by atoms with Crippen molar-refractivity contribution in [2.75, 3.05) is 5.75 Å². The van der Waals surface area contributed by atoms with E-state index in [4.69, 9.17) is 15.1 Å². The summed E-state index contributed by atoms with van der Waals surface area (Å²) in [5, 5.41) is 6.55. The summed E-state index contributed by atoms with van der Waals surface area (Å²) in [5.74, 6) is 0.886. The first-order chi connectivity index (χ1) is 13.9. The number of aryl methyl sites for hydroxylation is 3. The molecule has 176 valence electrons. The van der Waals surface area contributed by atoms with Crippen molar-refractivity contribution in [3.05, 3.63) is 23.3 Å². The van der Waals surface area contributed by atoms with Gasteiger partial charge in [-0.15, -0.1) is 0 Å². The Labute approximate surface area is 189 Å². The van der Waals surface area contributed by atoms with Crippen molar-refractivity contribution in [1.29, 1.82) is 0 Å². The lowest BCUT2D eigenvalue weighted by molar-refractivity contribution is -0.0172. The number of aromatic nitrogens is 3. The van der Waals surface area contributed by atoms with Crippen molar-refractivity contribution in [3.63, 3.8) is 0 Å². The summed E-state index contributed by atoms with van der Waals surface area (Å²) in [4.78, 5) is 9.50. The Kier molecular flexibility index (Phi) is 7.04. The maximum absolute atomic E-state index is 11.9. The molecule has 0 aromatic carbocycles. The van der Waals surface area contributed by atoms with Crippen molar-refractivity contribution in [2.24, 2.45) is 27.3 Å². The molecule has 0 radical (unpaired) electrons. The summed E-state index contributed by atoms with van der Waals surface area (Å²) in [7, 11) is -3.56. The molecule has 6 nitrogen and oxygen atoms in total. The fraction of sp³-hybridized carbons (Fsp3) is 0.750. The molecule has 2 aromatic heterocycles. The van der Waals surface area contributed by atoms with Crippen LogP contribution in [0.1, 0.15) is 79.0 Å². The number of hydrogen-bond donors (Lipinski definition) is 1. The Morgan fingerprint density at radius 1 is 1.10 bits per heavy atom. The highest BCUT2D eigenvalue weighted by molar-refractivity contribution is 7.89. The second-order valence-corrected chi connectivity index (χ2v) is 12.8. The van der Waals surface area contributed by atoms with Gasteiger partial charge in [0.1, 0.15) is 11.5 Å². The quantitative estimate of drug-likeness (QED) is 0.582. The van der Waals surface area contributed by atoms with Gasteiger partial charge >= 0.3 is 0 Å². The number of nitrogens with zero attached hydrogens (tertiary/aromatic N) is 3. The molecule has 0 saturated heterocycles. The molecule has 0 aliphatic heterocycles. The van der Waals surface area contributed by atoms with Crippen LogP contribution in [-0.2, 0) is 23.0 Å². The summed E-state index contributed by atoms with van der Waals surface area (Å²) in [6.45, 7) is 22.2. The zero-order valence-electron chi connectivity index (χ0n) is 21.1. The number of nitrogens with two attached hydrogens (primary N) is 1. The van der Waals surface area contributed by atoms with Crippen LogP contribution in [0, 0.1) is 36.0 Å². The van der Waals surface area contributed by atoms with Crippen LogP contribution in [0.25, 0.3) is 11.0 Å². The van der Waals surface area contributed by atoms with Crippen LogP contribution in [0.2, 0.25) is 0 Å². The first-order valence-electron chi connectivity index (χ1n) is 11.3. The van der Waals surface area contributed by atoms with Crippen LogP contribution in [0.4, 0.5) is 0 Å². The van der Waals surface area contributed by atoms with Gasteiger partial charge in [-0.1, -0.05) is 61.8 Å². The van der Waals surface area contributed by atoms with Crippen LogP contribution in [0.15, 0.2) is 6.07 Å². The largest absolute Gasteiger partial charge is 0.329 e. The summed E-state index contributed by atoms with van der Waals surface area (Å²) >= 11 is 0. The molecular formula is C24H42N4O2S. The summed E-state index contributed by atoms with van der Waals surface area (Å²) in [6, 6.07) is 2.21. The molecule has 0 amide bonds. The Hall–Kier alpha value is -1.47. The van der Waals surface area contributed by atoms with Crippen LogP contribution in [0.3, 0.4) is 0 Å². The van der Waals surface area contributed by atoms with E-state index in [1.165, 1.54) is 5.69 Å². The topological polar surface area (TPSA) is 90.9 Å². The van der Waals surface area contributed by atoms with Crippen LogP contribution in [-0.4, -0.2) is 28.7 Å². The van der Waals surface area contributed by atoms with Crippen molar-refractivity contribution in [2.45, 2.75) is 88.6 Å². The standard InChI is InChI=1S/C24H42N4O2S/c1-11-12-20-19-13-16(2)28(21(19)27-18(4)26-20)14-23(7,8)24(9,10)17(3)22(5,6)15-31(25,29)30/h13,17H,11-12,14-15H2,1-10H3,(H2,25,29,30). The SMILES string of the molecule is CCCc1nc(C)nc2c1cc(C)n2CC(C)(C)C(C)(C)C(C)C(C)(C)CS(N)(=O)=O. The van der Waals surface area contributed by atoms with Gasteiger partial charge in [0.2, 0.25) is 10.0 Å². The Bertz CT molecular complexity index is 1050. The lowest BCUT2D eigenvalue weighted by Crippen LogP contribution is -2.48. The maximum Gasteiger partial charge on any atom is 0.209 e. The predicted octanol–water partition coefficient (Wildman–Crippen LogP) is 5.00. The third-order valence-corrected chi connectivity index (χ3v) is 8.91. The molecule has 2 rings (SSSR count). The number of primary sulfonamides is 1. The van der Waals surface area contributed by atoms with E-state index in [9.17, 15) is 8.42 Å². The number of hydrogen-bond acceptors (Lipinski definition) is 4. The molecule has 2 N–H and O–H groups in total. The van der Waals surface area contributed by atoms with Gasteiger partial charge in [-0.25, -0.2) is 23.5 Å². The van der Waals surface area contributed by atoms with Crippen molar-refractivity contribution in [1.82, 2.24) is 14.5 Å². The highest BCUT2D eigenvalue weighted by atomic mass is 32.2. The monoisotopic (exact) mass is 450 g/mol. The molecule has 31 heavy (non-hydrogen) atoms. The maximum atomic E-state index is 11.9. The van der Waals surface area contributed by atoms with Gasteiger partial charge in [0, 0.05) is 17.6 Å². The molecule has 1 atom stereocenters. The normalized spacial score (nSPS) is 14.9. The lowest BCUT2D eigenvalue weighted by atomic mass is 9.55. The van der Waals surface area contributed by atoms with Gasteiger partial charge in [0.25, 0.3) is 0 Å². The number of rotatable bonds is 9. The van der Waals surface area contributed by atoms with E-state index in [1.807, 2.05) is 20.8 Å². The molecular weight excluding hydrogens is 408 g/mol. The predicted molar refractivity (Wildman–Crippen MR) is 129 cm³/mol. The molecule has 2 heterocycles. The third kappa shape index (κ3) is 5.30. The number of fused-ring (bicyclic) bond motifs is 1. The minimum atomic E-state index is -3.56. The van der Waals surface area contributed by atoms with Crippen LogP contribution < -0.4 is 5.14 Å². The third-order valence-electron chi connectivity index (χ3n) is 7.76. The van der Waals surface area contributed by atoms with E-state index in [2.05, 4.69) is 59.1 Å². The van der Waals surface area contributed by atoms with Gasteiger partial charge in [0.05, 0.1) is 11.4 Å². The molecule has 0 fully saturated rings. The average Bonchev–Trinajstić information content (AvgIpc) is 2.88. The summed E-state index contributed by atoms with van der Waals surface area (Å²) in [6.07, 6.45) is 1.99. The minimum Gasteiger partial charge on any atom is -0.329 e. The van der Waals surface area contributed by atoms with E-state index >= 15 is 0 Å². The summed E-state index contributed by atoms with van der Waals surface area (Å²) < 4.78 is 26.0. The fourth-order valence-electron chi connectivity index (χ4n) is 4.86. The molecule has 0 aliphatic carbocycles. The van der Waals surface area contributed by atoms with E-state index in [0.29, 0.717) is 0 Å². The van der Waals surface area contributed by atoms with Crippen LogP contribution in [0.5, 0.6) is 0 Å². The van der Waals surface area contributed by atoms with Gasteiger partial charge in [-0.05, 0) is 48.5 Å². The van der Waals surface area contributed by atoms with Crippen molar-refractivity contribution in [3.8, 4) is 0 Å². The van der Waals surface area contributed by atoms with E-state index in [1.54, 1.807) is 0 Å². The second kappa shape index (κ2) is 8.47. The van der Waals surface area contributed by atoms with Crippen molar-refractivity contribution < 1.29 is 8.42 Å². The zero-order chi connectivity index (χ0) is 24.0. The Morgan fingerprint density at radius 3 is 2.19 bits per heavy atom. The van der Waals surface area contributed by atoms with E-state index in [0.717, 1.165) is 41.9 Å². The Balaban J connectivity index is 2.49. The van der Waals surface area contributed by atoms with Gasteiger partial charge in [-0.3, -0.25) is 0 Å². The molecule has 0 aliphatic rings. The van der Waals surface area contributed by atoms with Crippen molar-refractivity contribution >= 4 is 21.1 Å². The smallest absolute Gasteiger partial charge is 0.209 e. The van der Waals surface area contributed by atoms with Gasteiger partial charge in [0.15, 0.2) is 0 Å². The average molecular weight is 451 g/mol. The minimum absolute atomic E-state index is 0.0288. The summed E-state index contributed by atoms with van der Waals surface area (Å²) in [5.41, 5.74) is 2.53. The first kappa shape index (κ1) is 25.8. The van der Waals surface area contributed by atoms with Gasteiger partial charge < -0.3 is 4.57 Å². The fourth-order valence-corrected chi connectivity index (χ4v) is 6.15. The van der Waals surface area contributed by atoms with Crippen LogP contribution >= 0.6 is 0 Å². The zero-order valence-corrected chi connectivity index (χ0v) is 21.9. The van der Waals surface area contributed by atoms with E-state index in [-0.39, 0.29) is 22.5 Å². The lowest BCUT2D eigenvalue weighted by Gasteiger charge is -2.51. The highest BCUT2D eigenvalue weighted by Crippen LogP contribution is 2.52. The number of sulfonamides is 1. The second-order valence-electron chi connectivity index (χ2n) is 11.2. The molecule has 1 unspecified atom stereocenters. The first-order valence-corrected chi connectivity index (χ1v) is 13.0. The molecule has 0 saturated carbocycles.